The van der Waals surface area contributed by atoms with Crippen LogP contribution in [0.4, 0.5) is 0 Å². The average Bonchev–Trinajstić information content (AvgIpc) is 2.37. The highest BCUT2D eigenvalue weighted by Gasteiger charge is 2.20. The van der Waals surface area contributed by atoms with E-state index in [0.29, 0.717) is 13.0 Å². The highest BCUT2D eigenvalue weighted by Crippen LogP contribution is 2.21. The largest absolute Gasteiger partial charge is 0.494 e. The number of hydrogen-bond acceptors (Lipinski definition) is 3. The normalized spacial score (nSPS) is 11.7. The van der Waals surface area contributed by atoms with Gasteiger partial charge in [-0.3, -0.25) is 4.79 Å². The molecule has 0 fully saturated rings. The molecule has 4 nitrogen and oxygen atoms in total. The van der Waals surface area contributed by atoms with E-state index in [9.17, 15) is 4.79 Å². The van der Waals surface area contributed by atoms with Gasteiger partial charge in [-0.05, 0) is 32.4 Å². The molecule has 0 aliphatic rings. The summed E-state index contributed by atoms with van der Waals surface area (Å²) in [5.74, 6) is -0.185. The van der Waals surface area contributed by atoms with Crippen molar-refractivity contribution in [2.24, 2.45) is 5.92 Å². The van der Waals surface area contributed by atoms with Gasteiger partial charge < -0.3 is 10.1 Å². The first-order valence-electron chi connectivity index (χ1n) is 6.49. The molecule has 0 heterocycles. The second-order valence-corrected chi connectivity index (χ2v) is 4.59. The van der Waals surface area contributed by atoms with Crippen molar-refractivity contribution in [3.63, 3.8) is 0 Å². The molecule has 0 aromatic heterocycles. The first-order chi connectivity index (χ1) is 9.08. The third-order valence-corrected chi connectivity index (χ3v) is 2.60. The first-order valence-corrected chi connectivity index (χ1v) is 6.49. The second kappa shape index (κ2) is 7.42. The molecule has 1 unspecified atom stereocenters. The lowest BCUT2D eigenvalue weighted by atomic mass is 9.99. The fourth-order valence-electron chi connectivity index (χ4n) is 1.77. The molecule has 102 valence electrons. The molecule has 19 heavy (non-hydrogen) atoms. The van der Waals surface area contributed by atoms with Crippen molar-refractivity contribution in [3.8, 4) is 11.8 Å². The van der Waals surface area contributed by atoms with Crippen molar-refractivity contribution >= 4 is 5.91 Å². The number of ether oxygens (including phenoxy) is 1. The maximum atomic E-state index is 11.9. The maximum absolute atomic E-state index is 11.9. The van der Waals surface area contributed by atoms with E-state index in [1.807, 2.05) is 45.0 Å². The summed E-state index contributed by atoms with van der Waals surface area (Å²) < 4.78 is 5.50. The van der Waals surface area contributed by atoms with Crippen LogP contribution in [0, 0.1) is 17.2 Å². The molecule has 0 saturated carbocycles. The monoisotopic (exact) mass is 260 g/mol. The molecule has 1 amide bonds. The van der Waals surface area contributed by atoms with Crippen LogP contribution < -0.4 is 10.1 Å². The molecule has 0 aliphatic carbocycles. The predicted octanol–water partition coefficient (Wildman–Crippen LogP) is 2.29. The Labute approximate surface area is 114 Å². The van der Waals surface area contributed by atoms with Gasteiger partial charge in [-0.2, -0.15) is 5.26 Å². The van der Waals surface area contributed by atoms with E-state index in [4.69, 9.17) is 10.00 Å². The highest BCUT2D eigenvalue weighted by atomic mass is 16.5. The zero-order valence-corrected chi connectivity index (χ0v) is 11.6. The Morgan fingerprint density at radius 1 is 1.42 bits per heavy atom. The van der Waals surface area contributed by atoms with Crippen molar-refractivity contribution in [1.82, 2.24) is 5.32 Å². The molecular formula is C15H20N2O2. The third-order valence-electron chi connectivity index (χ3n) is 2.60. The number of nitrogens with zero attached hydrogens (tertiary/aromatic N) is 1. The molecule has 1 N–H and O–H groups in total. The van der Waals surface area contributed by atoms with Crippen molar-refractivity contribution in [2.75, 3.05) is 6.61 Å². The van der Waals surface area contributed by atoms with Crippen LogP contribution in [-0.4, -0.2) is 18.6 Å². The van der Waals surface area contributed by atoms with Crippen molar-refractivity contribution in [2.45, 2.75) is 33.2 Å². The molecule has 0 radical (unpaired) electrons. The van der Waals surface area contributed by atoms with Gasteiger partial charge in [0, 0.05) is 12.5 Å². The lowest BCUT2D eigenvalue weighted by Gasteiger charge is -2.15. The minimum absolute atomic E-state index is 0.0329. The lowest BCUT2D eigenvalue weighted by Crippen LogP contribution is -2.36. The molecule has 0 aliphatic heterocycles. The Bertz CT molecular complexity index is 463. The van der Waals surface area contributed by atoms with Crippen LogP contribution in [0.25, 0.3) is 0 Å². The number of hydrogen-bond donors (Lipinski definition) is 1. The van der Waals surface area contributed by atoms with Gasteiger partial charge >= 0.3 is 0 Å². The molecular weight excluding hydrogens is 240 g/mol. The Morgan fingerprint density at radius 3 is 2.68 bits per heavy atom. The summed E-state index contributed by atoms with van der Waals surface area (Å²) >= 11 is 0. The summed E-state index contributed by atoms with van der Waals surface area (Å²) in [6.45, 7) is 6.22. The van der Waals surface area contributed by atoms with Crippen LogP contribution in [0.5, 0.6) is 5.75 Å². The quantitative estimate of drug-likeness (QED) is 0.853. The van der Waals surface area contributed by atoms with Crippen LogP contribution in [0.3, 0.4) is 0 Å². The zero-order chi connectivity index (χ0) is 14.3. The van der Waals surface area contributed by atoms with Gasteiger partial charge in [0.15, 0.2) is 0 Å². The molecule has 1 aromatic rings. The molecule has 1 aromatic carbocycles. The SMILES string of the molecule is CCOc1ccccc1CC(C#N)C(=O)NC(C)C. The topological polar surface area (TPSA) is 62.1 Å². The number of carbonyl (C=O) groups is 1. The number of nitriles is 1. The van der Waals surface area contributed by atoms with Crippen LogP contribution in [0.2, 0.25) is 0 Å². The predicted molar refractivity (Wildman–Crippen MR) is 73.7 cm³/mol. The van der Waals surface area contributed by atoms with Gasteiger partial charge in [0.25, 0.3) is 0 Å². The number of benzene rings is 1. The van der Waals surface area contributed by atoms with Crippen molar-refractivity contribution in [3.05, 3.63) is 29.8 Å². The number of nitrogens with one attached hydrogen (secondary N) is 1. The minimum Gasteiger partial charge on any atom is -0.494 e. The number of rotatable bonds is 6. The summed E-state index contributed by atoms with van der Waals surface area (Å²) in [4.78, 5) is 11.9. The number of para-hydroxylation sites is 1. The summed E-state index contributed by atoms with van der Waals surface area (Å²) in [7, 11) is 0. The zero-order valence-electron chi connectivity index (χ0n) is 11.6. The van der Waals surface area contributed by atoms with E-state index in [-0.39, 0.29) is 11.9 Å². The first kappa shape index (κ1) is 15.0. The fraction of sp³-hybridized carbons (Fsp3) is 0.467. The summed E-state index contributed by atoms with van der Waals surface area (Å²) in [6, 6.07) is 9.59. The Balaban J connectivity index is 2.81. The van der Waals surface area contributed by atoms with Gasteiger partial charge in [-0.25, -0.2) is 0 Å². The molecule has 1 rings (SSSR count). The summed E-state index contributed by atoms with van der Waals surface area (Å²) in [5, 5.41) is 11.9. The number of carbonyl (C=O) groups excluding carboxylic acids is 1. The second-order valence-electron chi connectivity index (χ2n) is 4.59. The van der Waals surface area contributed by atoms with Crippen LogP contribution in [0.15, 0.2) is 24.3 Å². The van der Waals surface area contributed by atoms with Crippen molar-refractivity contribution < 1.29 is 9.53 Å². The van der Waals surface area contributed by atoms with E-state index < -0.39 is 5.92 Å². The maximum Gasteiger partial charge on any atom is 0.237 e. The molecule has 1 atom stereocenters. The molecule has 0 saturated heterocycles. The van der Waals surface area contributed by atoms with Gasteiger partial charge in [-0.1, -0.05) is 18.2 Å². The number of amides is 1. The Morgan fingerprint density at radius 2 is 2.11 bits per heavy atom. The molecule has 0 spiro atoms. The summed E-state index contributed by atoms with van der Waals surface area (Å²) in [5.41, 5.74) is 0.884. The van der Waals surface area contributed by atoms with E-state index in [0.717, 1.165) is 11.3 Å². The van der Waals surface area contributed by atoms with Gasteiger partial charge in [-0.15, -0.1) is 0 Å². The van der Waals surface area contributed by atoms with E-state index in [1.165, 1.54) is 0 Å². The molecule has 0 bridgehead atoms. The smallest absolute Gasteiger partial charge is 0.237 e. The van der Waals surface area contributed by atoms with E-state index in [1.54, 1.807) is 0 Å². The van der Waals surface area contributed by atoms with Crippen LogP contribution in [0.1, 0.15) is 26.3 Å². The Hall–Kier alpha value is -2.02. The minimum atomic E-state index is -0.691. The fourth-order valence-corrected chi connectivity index (χ4v) is 1.77. The standard InChI is InChI=1S/C15H20N2O2/c1-4-19-14-8-6-5-7-12(14)9-13(10-16)15(18)17-11(2)3/h5-8,11,13H,4,9H2,1-3H3,(H,17,18). The van der Waals surface area contributed by atoms with Gasteiger partial charge in [0.2, 0.25) is 5.91 Å². The van der Waals surface area contributed by atoms with Crippen molar-refractivity contribution in [1.29, 1.82) is 5.26 Å². The summed E-state index contributed by atoms with van der Waals surface area (Å²) in [6.07, 6.45) is 0.366. The van der Waals surface area contributed by atoms with Gasteiger partial charge in [0.05, 0.1) is 12.7 Å². The van der Waals surface area contributed by atoms with Crippen LogP contribution >= 0.6 is 0 Å². The molecule has 4 heteroatoms. The third kappa shape index (κ3) is 4.63. The van der Waals surface area contributed by atoms with Crippen LogP contribution in [-0.2, 0) is 11.2 Å². The Kier molecular flexibility index (Phi) is 5.87. The highest BCUT2D eigenvalue weighted by molar-refractivity contribution is 5.81. The van der Waals surface area contributed by atoms with E-state index >= 15 is 0 Å². The average molecular weight is 260 g/mol. The van der Waals surface area contributed by atoms with Gasteiger partial charge in [0.1, 0.15) is 11.7 Å². The van der Waals surface area contributed by atoms with E-state index in [2.05, 4.69) is 11.4 Å². The lowest BCUT2D eigenvalue weighted by molar-refractivity contribution is -0.123.